The van der Waals surface area contributed by atoms with Crippen LogP contribution in [0.15, 0.2) is 53.3 Å². The zero-order chi connectivity index (χ0) is 24.2. The SMILES string of the molecule is C#CC.C1CC1.CCN1C/C(=C\C=C(/C)OC)C(C#N)=C1c1ccc(N2CCCS2=O)cc1. The first-order chi connectivity index (χ1) is 16.0. The summed E-state index contributed by atoms with van der Waals surface area (Å²) in [6.45, 7) is 8.00. The van der Waals surface area contributed by atoms with Gasteiger partial charge in [0.05, 0.1) is 24.1 Å². The van der Waals surface area contributed by atoms with Crippen LogP contribution >= 0.6 is 0 Å². The average Bonchev–Trinajstić information content (AvgIpc) is 3.59. The highest BCUT2D eigenvalue weighted by molar-refractivity contribution is 7.86. The Labute approximate surface area is 202 Å². The third-order valence-corrected chi connectivity index (χ3v) is 6.80. The molecule has 3 aliphatic rings. The van der Waals surface area contributed by atoms with Crippen LogP contribution in [0, 0.1) is 23.7 Å². The number of hydrogen-bond acceptors (Lipinski definition) is 4. The Kier molecular flexibility index (Phi) is 10.8. The molecular formula is C27H35N3O2S. The number of terminal acetylenes is 1. The number of allylic oxidation sites excluding steroid dienone is 3. The summed E-state index contributed by atoms with van der Waals surface area (Å²) in [4.78, 5) is 2.21. The van der Waals surface area contributed by atoms with Crippen LogP contribution in [0.3, 0.4) is 0 Å². The maximum absolute atomic E-state index is 12.1. The molecule has 5 nitrogen and oxygen atoms in total. The van der Waals surface area contributed by atoms with E-state index in [1.54, 1.807) is 14.0 Å². The number of methoxy groups -OCH3 is 1. The van der Waals surface area contributed by atoms with Crippen molar-refractivity contribution in [3.63, 3.8) is 0 Å². The largest absolute Gasteiger partial charge is 0.501 e. The van der Waals surface area contributed by atoms with Gasteiger partial charge in [-0.3, -0.25) is 4.31 Å². The minimum Gasteiger partial charge on any atom is -0.501 e. The predicted molar refractivity (Wildman–Crippen MR) is 138 cm³/mol. The molecule has 1 atom stereocenters. The minimum atomic E-state index is -0.920. The van der Waals surface area contributed by atoms with Crippen LogP contribution in [0.5, 0.6) is 0 Å². The van der Waals surface area contributed by atoms with Gasteiger partial charge in [-0.1, -0.05) is 37.5 Å². The summed E-state index contributed by atoms with van der Waals surface area (Å²) in [5, 5.41) is 9.79. The first-order valence-electron chi connectivity index (χ1n) is 11.5. The highest BCUT2D eigenvalue weighted by atomic mass is 32.2. The third-order valence-electron chi connectivity index (χ3n) is 5.28. The van der Waals surface area contributed by atoms with Gasteiger partial charge in [0.1, 0.15) is 17.1 Å². The molecule has 6 heteroatoms. The fourth-order valence-corrected chi connectivity index (χ4v) is 4.68. The lowest BCUT2D eigenvalue weighted by molar-refractivity contribution is 0.293. The third kappa shape index (κ3) is 7.55. The van der Waals surface area contributed by atoms with Crippen LogP contribution < -0.4 is 4.31 Å². The molecule has 33 heavy (non-hydrogen) atoms. The zero-order valence-electron chi connectivity index (χ0n) is 20.3. The van der Waals surface area contributed by atoms with E-state index in [9.17, 15) is 9.47 Å². The molecule has 1 aromatic rings. The van der Waals surface area contributed by atoms with Crippen LogP contribution in [-0.2, 0) is 15.7 Å². The predicted octanol–water partition coefficient (Wildman–Crippen LogP) is 5.42. The Bertz CT molecular complexity index is 989. The van der Waals surface area contributed by atoms with Crippen molar-refractivity contribution in [1.29, 1.82) is 5.26 Å². The first-order valence-corrected chi connectivity index (χ1v) is 12.7. The van der Waals surface area contributed by atoms with Gasteiger partial charge in [-0.15, -0.1) is 12.3 Å². The molecule has 0 N–H and O–H groups in total. The number of likely N-dealkylation sites (N-methyl/N-ethyl adjacent to an activating group) is 1. The molecule has 2 fully saturated rings. The number of hydrogen-bond donors (Lipinski definition) is 0. The van der Waals surface area contributed by atoms with Crippen LogP contribution in [0.25, 0.3) is 5.70 Å². The molecule has 0 spiro atoms. The number of nitrogens with zero attached hydrogens (tertiary/aromatic N) is 3. The van der Waals surface area contributed by atoms with Crippen molar-refractivity contribution in [3.05, 3.63) is 58.9 Å². The summed E-state index contributed by atoms with van der Waals surface area (Å²) in [6.07, 6.45) is 13.9. The molecule has 1 unspecified atom stereocenters. The molecule has 1 saturated carbocycles. The minimum absolute atomic E-state index is 0.703. The van der Waals surface area contributed by atoms with Gasteiger partial charge in [-0.25, -0.2) is 4.21 Å². The van der Waals surface area contributed by atoms with Crippen molar-refractivity contribution in [2.75, 3.05) is 36.8 Å². The van der Waals surface area contributed by atoms with Crippen molar-refractivity contribution in [2.45, 2.75) is 46.5 Å². The highest BCUT2D eigenvalue weighted by Crippen LogP contribution is 2.35. The smallest absolute Gasteiger partial charge is 0.119 e. The quantitative estimate of drug-likeness (QED) is 0.431. The maximum atomic E-state index is 12.1. The van der Waals surface area contributed by atoms with E-state index in [0.29, 0.717) is 12.1 Å². The van der Waals surface area contributed by atoms with Crippen LogP contribution in [0.4, 0.5) is 5.69 Å². The Balaban J connectivity index is 0.000000567. The molecular weight excluding hydrogens is 430 g/mol. The van der Waals surface area contributed by atoms with E-state index in [2.05, 4.69) is 30.2 Å². The molecule has 1 saturated heterocycles. The molecule has 0 amide bonds. The number of ether oxygens (including phenoxy) is 1. The lowest BCUT2D eigenvalue weighted by Gasteiger charge is -2.21. The topological polar surface area (TPSA) is 56.6 Å². The molecule has 2 aliphatic heterocycles. The van der Waals surface area contributed by atoms with E-state index in [-0.39, 0.29) is 0 Å². The van der Waals surface area contributed by atoms with E-state index in [1.165, 1.54) is 19.3 Å². The normalized spacial score (nSPS) is 20.4. The Morgan fingerprint density at radius 2 is 1.88 bits per heavy atom. The van der Waals surface area contributed by atoms with Gasteiger partial charge in [-0.2, -0.15) is 5.26 Å². The Hall–Kier alpha value is -2.96. The Morgan fingerprint density at radius 3 is 2.33 bits per heavy atom. The lowest BCUT2D eigenvalue weighted by Crippen LogP contribution is -2.20. The summed E-state index contributed by atoms with van der Waals surface area (Å²) in [5.74, 6) is 3.79. The number of nitriles is 1. The molecule has 4 rings (SSSR count). The monoisotopic (exact) mass is 465 g/mol. The first kappa shape index (κ1) is 26.3. The summed E-state index contributed by atoms with van der Waals surface area (Å²) in [5.41, 5.74) is 4.65. The average molecular weight is 466 g/mol. The van der Waals surface area contributed by atoms with Gasteiger partial charge in [0.25, 0.3) is 0 Å². The van der Waals surface area contributed by atoms with Gasteiger partial charge in [0, 0.05) is 31.1 Å². The van der Waals surface area contributed by atoms with Crippen molar-refractivity contribution in [3.8, 4) is 18.4 Å². The van der Waals surface area contributed by atoms with Crippen molar-refractivity contribution in [2.24, 2.45) is 0 Å². The molecule has 0 bridgehead atoms. The van der Waals surface area contributed by atoms with Gasteiger partial charge in [0.15, 0.2) is 0 Å². The van der Waals surface area contributed by atoms with E-state index in [0.717, 1.165) is 53.5 Å². The molecule has 2 heterocycles. The summed E-state index contributed by atoms with van der Waals surface area (Å²) in [6, 6.07) is 10.5. The lowest BCUT2D eigenvalue weighted by atomic mass is 10.0. The van der Waals surface area contributed by atoms with Gasteiger partial charge in [-0.05, 0) is 56.5 Å². The highest BCUT2D eigenvalue weighted by Gasteiger charge is 2.27. The Morgan fingerprint density at radius 1 is 1.24 bits per heavy atom. The van der Waals surface area contributed by atoms with Crippen molar-refractivity contribution in [1.82, 2.24) is 4.90 Å². The number of anilines is 1. The second-order valence-electron chi connectivity index (χ2n) is 7.90. The zero-order valence-corrected chi connectivity index (χ0v) is 21.1. The summed E-state index contributed by atoms with van der Waals surface area (Å²) < 4.78 is 19.2. The van der Waals surface area contributed by atoms with Crippen LogP contribution in [-0.4, -0.2) is 41.6 Å². The molecule has 1 aromatic carbocycles. The van der Waals surface area contributed by atoms with Crippen LogP contribution in [0.1, 0.15) is 52.0 Å². The van der Waals surface area contributed by atoms with E-state index >= 15 is 0 Å². The van der Waals surface area contributed by atoms with Crippen molar-refractivity contribution < 1.29 is 8.95 Å². The van der Waals surface area contributed by atoms with E-state index < -0.39 is 11.0 Å². The summed E-state index contributed by atoms with van der Waals surface area (Å²) >= 11 is 0. The number of rotatable bonds is 5. The molecule has 176 valence electrons. The summed E-state index contributed by atoms with van der Waals surface area (Å²) in [7, 11) is 0.717. The molecule has 1 aliphatic carbocycles. The fourth-order valence-electron chi connectivity index (χ4n) is 3.39. The standard InChI is InChI=1S/C21H25N3O2S.C3H6.C3H4/c1-4-23-15-18(7-6-16(2)26-3)20(14-22)21(23)17-8-10-19(11-9-17)24-12-5-13-27(24)25;1-2-3-1;1-3-2/h6-11H,4-5,12-13,15H2,1-3H3;1-3H2;1H,2H3/b16-6+,18-7+;;. The molecule has 0 radical (unpaired) electrons. The second-order valence-corrected chi connectivity index (χ2v) is 9.39. The maximum Gasteiger partial charge on any atom is 0.119 e. The van der Waals surface area contributed by atoms with Gasteiger partial charge >= 0.3 is 0 Å². The van der Waals surface area contributed by atoms with E-state index in [4.69, 9.17) is 4.74 Å². The fraction of sp³-hybridized carbons (Fsp3) is 0.444. The van der Waals surface area contributed by atoms with Crippen LogP contribution in [0.2, 0.25) is 0 Å². The van der Waals surface area contributed by atoms with E-state index in [1.807, 2.05) is 47.6 Å². The number of benzene rings is 1. The molecule has 0 aromatic heterocycles. The van der Waals surface area contributed by atoms with Gasteiger partial charge < -0.3 is 9.64 Å². The van der Waals surface area contributed by atoms with Crippen molar-refractivity contribution >= 4 is 22.4 Å². The second kappa shape index (κ2) is 13.6. The van der Waals surface area contributed by atoms with Gasteiger partial charge in [0.2, 0.25) is 0 Å².